The number of hydrogen-bond donors (Lipinski definition) is 3. The zero-order valence-corrected chi connectivity index (χ0v) is 12.3. The molecule has 1 aromatic carbocycles. The van der Waals surface area contributed by atoms with Crippen LogP contribution < -0.4 is 16.4 Å². The lowest BCUT2D eigenvalue weighted by molar-refractivity contribution is -0.137. The van der Waals surface area contributed by atoms with Crippen LogP contribution in [0.5, 0.6) is 0 Å². The van der Waals surface area contributed by atoms with Crippen molar-refractivity contribution in [3.8, 4) is 0 Å². The van der Waals surface area contributed by atoms with Gasteiger partial charge in [0.25, 0.3) is 0 Å². The first-order valence-electron chi connectivity index (χ1n) is 6.69. The van der Waals surface area contributed by atoms with E-state index in [1.165, 1.54) is 18.5 Å². The molecule has 0 aliphatic carbocycles. The molecule has 124 valence electrons. The maximum absolute atomic E-state index is 12.7. The summed E-state index contributed by atoms with van der Waals surface area (Å²) in [5.41, 5.74) is 5.61. The van der Waals surface area contributed by atoms with Crippen LogP contribution >= 0.6 is 0 Å². The highest BCUT2D eigenvalue weighted by Crippen LogP contribution is 2.32. The SMILES string of the molecule is COCCNc1ncnc(Nc2cccc(C(F)(F)F)c2)c1N. The minimum atomic E-state index is -4.41. The van der Waals surface area contributed by atoms with Crippen molar-refractivity contribution in [2.45, 2.75) is 6.18 Å². The summed E-state index contributed by atoms with van der Waals surface area (Å²) < 4.78 is 43.1. The Kier molecular flexibility index (Phi) is 5.22. The predicted octanol–water partition coefficient (Wildman–Crippen LogP) is 2.88. The van der Waals surface area contributed by atoms with E-state index in [1.807, 2.05) is 0 Å². The zero-order chi connectivity index (χ0) is 16.9. The lowest BCUT2D eigenvalue weighted by Crippen LogP contribution is -2.12. The van der Waals surface area contributed by atoms with Gasteiger partial charge in [0.05, 0.1) is 12.2 Å². The lowest BCUT2D eigenvalue weighted by Gasteiger charge is -2.13. The van der Waals surface area contributed by atoms with Crippen molar-refractivity contribution in [1.82, 2.24) is 9.97 Å². The van der Waals surface area contributed by atoms with Crippen molar-refractivity contribution in [2.75, 3.05) is 36.6 Å². The Hall–Kier alpha value is -2.55. The molecule has 0 saturated heterocycles. The number of nitrogens with two attached hydrogens (primary N) is 1. The molecule has 6 nitrogen and oxygen atoms in total. The molecule has 0 aliphatic heterocycles. The Labute approximate surface area is 130 Å². The highest BCUT2D eigenvalue weighted by Gasteiger charge is 2.30. The van der Waals surface area contributed by atoms with Crippen LogP contribution in [0.1, 0.15) is 5.56 Å². The summed E-state index contributed by atoms with van der Waals surface area (Å²) in [5.74, 6) is 0.603. The minimum Gasteiger partial charge on any atom is -0.393 e. The zero-order valence-electron chi connectivity index (χ0n) is 12.3. The van der Waals surface area contributed by atoms with Gasteiger partial charge in [0, 0.05) is 19.3 Å². The number of aromatic nitrogens is 2. The van der Waals surface area contributed by atoms with Crippen molar-refractivity contribution in [2.24, 2.45) is 0 Å². The molecule has 2 aromatic rings. The Balaban J connectivity index is 2.19. The number of nitrogens with one attached hydrogen (secondary N) is 2. The van der Waals surface area contributed by atoms with Gasteiger partial charge in [0.15, 0.2) is 11.6 Å². The molecule has 0 aliphatic rings. The average molecular weight is 327 g/mol. The number of nitrogen functional groups attached to an aromatic ring is 1. The van der Waals surface area contributed by atoms with Crippen LogP contribution in [0.4, 0.5) is 36.2 Å². The largest absolute Gasteiger partial charge is 0.416 e. The summed E-state index contributed by atoms with van der Waals surface area (Å²) in [6.45, 7) is 0.945. The molecule has 0 atom stereocenters. The summed E-state index contributed by atoms with van der Waals surface area (Å²) in [6, 6.07) is 4.78. The summed E-state index contributed by atoms with van der Waals surface area (Å²) in [5, 5.41) is 5.72. The van der Waals surface area contributed by atoms with E-state index < -0.39 is 11.7 Å². The van der Waals surface area contributed by atoms with Crippen LogP contribution in [0.15, 0.2) is 30.6 Å². The molecule has 1 heterocycles. The smallest absolute Gasteiger partial charge is 0.393 e. The number of methoxy groups -OCH3 is 1. The first kappa shape index (κ1) is 16.8. The van der Waals surface area contributed by atoms with Gasteiger partial charge in [0.1, 0.15) is 12.0 Å². The van der Waals surface area contributed by atoms with E-state index in [-0.39, 0.29) is 17.2 Å². The number of anilines is 4. The quantitative estimate of drug-likeness (QED) is 0.708. The van der Waals surface area contributed by atoms with Crippen LogP contribution in [-0.2, 0) is 10.9 Å². The van der Waals surface area contributed by atoms with Crippen LogP contribution in [-0.4, -0.2) is 30.2 Å². The first-order chi connectivity index (χ1) is 10.9. The topological polar surface area (TPSA) is 85.1 Å². The van der Waals surface area contributed by atoms with Gasteiger partial charge in [0.2, 0.25) is 0 Å². The highest BCUT2D eigenvalue weighted by atomic mass is 19.4. The second-order valence-electron chi connectivity index (χ2n) is 4.61. The molecule has 0 unspecified atom stereocenters. The first-order valence-corrected chi connectivity index (χ1v) is 6.69. The minimum absolute atomic E-state index is 0.209. The van der Waals surface area contributed by atoms with E-state index in [9.17, 15) is 13.2 Å². The summed E-state index contributed by atoms with van der Waals surface area (Å²) >= 11 is 0. The predicted molar refractivity (Wildman–Crippen MR) is 81.5 cm³/mol. The monoisotopic (exact) mass is 327 g/mol. The highest BCUT2D eigenvalue weighted by molar-refractivity contribution is 5.77. The van der Waals surface area contributed by atoms with Gasteiger partial charge in [-0.05, 0) is 18.2 Å². The van der Waals surface area contributed by atoms with E-state index >= 15 is 0 Å². The van der Waals surface area contributed by atoms with E-state index in [4.69, 9.17) is 10.5 Å². The molecule has 0 saturated carbocycles. The second-order valence-corrected chi connectivity index (χ2v) is 4.61. The third-order valence-corrected chi connectivity index (χ3v) is 2.94. The fourth-order valence-corrected chi connectivity index (χ4v) is 1.82. The molecule has 0 spiro atoms. The number of alkyl halides is 3. The standard InChI is InChI=1S/C14H16F3N5O/c1-23-6-5-19-12-11(18)13(21-8-20-12)22-10-4-2-3-9(7-10)14(15,16)17/h2-4,7-8H,5-6,18H2,1H3,(H2,19,20,21,22). The fraction of sp³-hybridized carbons (Fsp3) is 0.286. The van der Waals surface area contributed by atoms with Crippen LogP contribution in [0.3, 0.4) is 0 Å². The number of benzene rings is 1. The summed E-state index contributed by atoms with van der Waals surface area (Å²) in [6.07, 6.45) is -3.15. The Morgan fingerprint density at radius 3 is 2.65 bits per heavy atom. The third-order valence-electron chi connectivity index (χ3n) is 2.94. The van der Waals surface area contributed by atoms with Crippen molar-refractivity contribution >= 4 is 23.0 Å². The van der Waals surface area contributed by atoms with Gasteiger partial charge < -0.3 is 21.1 Å². The average Bonchev–Trinajstić information content (AvgIpc) is 2.50. The number of ether oxygens (including phenoxy) is 1. The van der Waals surface area contributed by atoms with Gasteiger partial charge in [-0.2, -0.15) is 13.2 Å². The molecule has 23 heavy (non-hydrogen) atoms. The Morgan fingerprint density at radius 2 is 1.96 bits per heavy atom. The van der Waals surface area contributed by atoms with Gasteiger partial charge in [-0.25, -0.2) is 9.97 Å². The fourth-order valence-electron chi connectivity index (χ4n) is 1.82. The molecular formula is C14H16F3N5O. The lowest BCUT2D eigenvalue weighted by atomic mass is 10.2. The van der Waals surface area contributed by atoms with Crippen molar-refractivity contribution in [3.63, 3.8) is 0 Å². The van der Waals surface area contributed by atoms with Crippen molar-refractivity contribution in [3.05, 3.63) is 36.2 Å². The van der Waals surface area contributed by atoms with E-state index in [0.29, 0.717) is 19.0 Å². The maximum atomic E-state index is 12.7. The van der Waals surface area contributed by atoms with E-state index in [0.717, 1.165) is 12.1 Å². The van der Waals surface area contributed by atoms with Crippen LogP contribution in [0.2, 0.25) is 0 Å². The molecule has 0 amide bonds. The normalized spacial score (nSPS) is 11.3. The molecule has 9 heteroatoms. The maximum Gasteiger partial charge on any atom is 0.416 e. The number of nitrogens with zero attached hydrogens (tertiary/aromatic N) is 2. The molecular weight excluding hydrogens is 311 g/mol. The number of hydrogen-bond acceptors (Lipinski definition) is 6. The van der Waals surface area contributed by atoms with Gasteiger partial charge in [-0.15, -0.1) is 0 Å². The third kappa shape index (κ3) is 4.46. The molecule has 1 aromatic heterocycles. The summed E-state index contributed by atoms with van der Waals surface area (Å²) in [4.78, 5) is 7.94. The van der Waals surface area contributed by atoms with E-state index in [1.54, 1.807) is 7.11 Å². The van der Waals surface area contributed by atoms with Gasteiger partial charge in [-0.3, -0.25) is 0 Å². The van der Waals surface area contributed by atoms with Crippen LogP contribution in [0.25, 0.3) is 0 Å². The summed E-state index contributed by atoms with van der Waals surface area (Å²) in [7, 11) is 1.56. The van der Waals surface area contributed by atoms with Crippen molar-refractivity contribution in [1.29, 1.82) is 0 Å². The van der Waals surface area contributed by atoms with E-state index in [2.05, 4.69) is 20.6 Å². The van der Waals surface area contributed by atoms with Gasteiger partial charge >= 0.3 is 6.18 Å². The molecule has 2 rings (SSSR count). The second kappa shape index (κ2) is 7.14. The molecule has 4 N–H and O–H groups in total. The van der Waals surface area contributed by atoms with Gasteiger partial charge in [-0.1, -0.05) is 6.07 Å². The Morgan fingerprint density at radius 1 is 1.22 bits per heavy atom. The molecule has 0 radical (unpaired) electrons. The number of halogens is 3. The molecule has 0 fully saturated rings. The molecule has 0 bridgehead atoms. The van der Waals surface area contributed by atoms with Crippen molar-refractivity contribution < 1.29 is 17.9 Å². The number of rotatable bonds is 6. The Bertz CT molecular complexity index is 663. The van der Waals surface area contributed by atoms with Crippen LogP contribution in [0, 0.1) is 0 Å².